The van der Waals surface area contributed by atoms with Crippen molar-refractivity contribution in [1.29, 1.82) is 0 Å². The maximum absolute atomic E-state index is 11.9. The molecule has 0 radical (unpaired) electrons. The Morgan fingerprint density at radius 2 is 1.43 bits per heavy atom. The van der Waals surface area contributed by atoms with Crippen LogP contribution in [-0.4, -0.2) is 35.0 Å². The summed E-state index contributed by atoms with van der Waals surface area (Å²) in [7, 11) is 0. The fraction of sp³-hybridized carbons (Fsp3) is 0.826. The second-order valence-corrected chi connectivity index (χ2v) is 8.56. The van der Waals surface area contributed by atoms with E-state index in [0.717, 1.165) is 31.4 Å². The number of carbonyl (C=O) groups is 2. The molecule has 0 bridgehead atoms. The van der Waals surface area contributed by atoms with Gasteiger partial charge in [0, 0.05) is 6.42 Å². The van der Waals surface area contributed by atoms with Crippen molar-refractivity contribution in [1.82, 2.24) is 5.32 Å². The molecule has 0 aromatic rings. The maximum atomic E-state index is 11.9. The molecule has 0 aromatic carbocycles. The highest BCUT2D eigenvalue weighted by molar-refractivity contribution is 7.98. The first-order valence-corrected chi connectivity index (χ1v) is 12.7. The molecule has 1 amide bonds. The SMILES string of the molecule is CCCCCCCC/C=C/CCCCCCCC(=O)NC(CCSC)C(=O)O. The van der Waals surface area contributed by atoms with E-state index in [9.17, 15) is 9.59 Å². The van der Waals surface area contributed by atoms with E-state index in [-0.39, 0.29) is 5.91 Å². The number of unbranched alkanes of at least 4 members (excludes halogenated alkanes) is 11. The lowest BCUT2D eigenvalue weighted by Crippen LogP contribution is -2.41. The predicted molar refractivity (Wildman–Crippen MR) is 122 cm³/mol. The summed E-state index contributed by atoms with van der Waals surface area (Å²) in [6.45, 7) is 2.25. The largest absolute Gasteiger partial charge is 0.480 e. The summed E-state index contributed by atoms with van der Waals surface area (Å²) < 4.78 is 0. The van der Waals surface area contributed by atoms with Crippen LogP contribution in [-0.2, 0) is 9.59 Å². The fourth-order valence-electron chi connectivity index (χ4n) is 3.12. The van der Waals surface area contributed by atoms with Crippen LogP contribution in [0.2, 0.25) is 0 Å². The van der Waals surface area contributed by atoms with Crippen LogP contribution in [0.5, 0.6) is 0 Å². The normalized spacial score (nSPS) is 12.4. The summed E-state index contributed by atoms with van der Waals surface area (Å²) in [4.78, 5) is 23.0. The van der Waals surface area contributed by atoms with Crippen molar-refractivity contribution >= 4 is 23.6 Å². The van der Waals surface area contributed by atoms with Crippen LogP contribution in [0.3, 0.4) is 0 Å². The number of hydrogen-bond acceptors (Lipinski definition) is 3. The molecule has 0 fully saturated rings. The van der Waals surface area contributed by atoms with Crippen LogP contribution in [0, 0.1) is 0 Å². The van der Waals surface area contributed by atoms with Gasteiger partial charge in [-0.05, 0) is 50.5 Å². The third-order valence-electron chi connectivity index (χ3n) is 4.91. The van der Waals surface area contributed by atoms with Gasteiger partial charge < -0.3 is 10.4 Å². The van der Waals surface area contributed by atoms with Crippen LogP contribution >= 0.6 is 11.8 Å². The Kier molecular flexibility index (Phi) is 20.0. The molecule has 0 aliphatic rings. The van der Waals surface area contributed by atoms with Gasteiger partial charge in [-0.1, -0.05) is 70.4 Å². The molecular weight excluding hydrogens is 370 g/mol. The lowest BCUT2D eigenvalue weighted by molar-refractivity contribution is -0.141. The van der Waals surface area contributed by atoms with Crippen LogP contribution in [0.1, 0.15) is 103 Å². The van der Waals surface area contributed by atoms with Gasteiger partial charge in [-0.2, -0.15) is 11.8 Å². The molecule has 1 atom stereocenters. The average Bonchev–Trinajstić information content (AvgIpc) is 2.67. The lowest BCUT2D eigenvalue weighted by atomic mass is 10.1. The Morgan fingerprint density at radius 1 is 0.893 bits per heavy atom. The van der Waals surface area contributed by atoms with E-state index >= 15 is 0 Å². The maximum Gasteiger partial charge on any atom is 0.326 e. The summed E-state index contributed by atoms with van der Waals surface area (Å²) >= 11 is 1.59. The molecule has 0 rings (SSSR count). The number of carbonyl (C=O) groups excluding carboxylic acids is 1. The van der Waals surface area contributed by atoms with Crippen LogP contribution in [0.15, 0.2) is 12.2 Å². The van der Waals surface area contributed by atoms with Crippen molar-refractivity contribution in [2.75, 3.05) is 12.0 Å². The Morgan fingerprint density at radius 3 is 1.96 bits per heavy atom. The number of carboxylic acid groups (broad SMARTS) is 1. The Bertz CT molecular complexity index is 413. The zero-order valence-corrected chi connectivity index (χ0v) is 19.0. The molecule has 0 heterocycles. The monoisotopic (exact) mass is 413 g/mol. The molecule has 2 N–H and O–H groups in total. The minimum absolute atomic E-state index is 0.133. The van der Waals surface area contributed by atoms with Gasteiger partial charge in [0.05, 0.1) is 0 Å². The molecule has 164 valence electrons. The standard InChI is InChI=1S/C23H43NO3S/c1-3-4-5-6-7-8-9-10-11-12-13-14-15-16-17-18-22(25)24-21(23(26)27)19-20-28-2/h10-11,21H,3-9,12-20H2,1-2H3,(H,24,25)(H,26,27)/b11-10+. The molecule has 0 aromatic heterocycles. The minimum atomic E-state index is -0.938. The summed E-state index contributed by atoms with van der Waals surface area (Å²) in [6.07, 6.45) is 23.5. The van der Waals surface area contributed by atoms with Gasteiger partial charge in [0.2, 0.25) is 5.91 Å². The highest BCUT2D eigenvalue weighted by Crippen LogP contribution is 2.10. The van der Waals surface area contributed by atoms with Gasteiger partial charge in [-0.3, -0.25) is 4.79 Å². The highest BCUT2D eigenvalue weighted by atomic mass is 32.2. The quantitative estimate of drug-likeness (QED) is 0.180. The number of nitrogens with one attached hydrogen (secondary N) is 1. The molecule has 0 saturated carbocycles. The molecule has 0 saturated heterocycles. The summed E-state index contributed by atoms with van der Waals surface area (Å²) in [5, 5.41) is 11.8. The van der Waals surface area contributed by atoms with Crippen molar-refractivity contribution in [2.45, 2.75) is 109 Å². The summed E-state index contributed by atoms with van der Waals surface area (Å²) in [6, 6.07) is -0.747. The van der Waals surface area contributed by atoms with Crippen molar-refractivity contribution in [2.24, 2.45) is 0 Å². The van der Waals surface area contributed by atoms with E-state index in [1.807, 2.05) is 6.26 Å². The van der Waals surface area contributed by atoms with E-state index in [2.05, 4.69) is 24.4 Å². The van der Waals surface area contributed by atoms with Crippen LogP contribution in [0.4, 0.5) is 0 Å². The van der Waals surface area contributed by atoms with E-state index in [0.29, 0.717) is 12.8 Å². The van der Waals surface area contributed by atoms with Gasteiger partial charge in [0.15, 0.2) is 0 Å². The number of hydrogen-bond donors (Lipinski definition) is 2. The Hall–Kier alpha value is -0.970. The van der Waals surface area contributed by atoms with Gasteiger partial charge >= 0.3 is 5.97 Å². The summed E-state index contributed by atoms with van der Waals surface area (Å²) in [5.41, 5.74) is 0. The van der Waals surface area contributed by atoms with E-state index in [1.165, 1.54) is 57.8 Å². The van der Waals surface area contributed by atoms with Crippen molar-refractivity contribution in [3.63, 3.8) is 0 Å². The third-order valence-corrected chi connectivity index (χ3v) is 5.55. The molecule has 0 spiro atoms. The number of aliphatic carboxylic acids is 1. The Labute approximate surface area is 177 Å². The lowest BCUT2D eigenvalue weighted by Gasteiger charge is -2.13. The Balaban J connectivity index is 3.47. The average molecular weight is 414 g/mol. The van der Waals surface area contributed by atoms with Crippen LogP contribution < -0.4 is 5.32 Å². The first kappa shape index (κ1) is 27.0. The second-order valence-electron chi connectivity index (χ2n) is 7.57. The van der Waals surface area contributed by atoms with Crippen molar-refractivity contribution in [3.8, 4) is 0 Å². The van der Waals surface area contributed by atoms with E-state index < -0.39 is 12.0 Å². The third kappa shape index (κ3) is 18.4. The second kappa shape index (κ2) is 20.8. The first-order valence-electron chi connectivity index (χ1n) is 11.3. The number of rotatable bonds is 20. The topological polar surface area (TPSA) is 66.4 Å². The number of allylic oxidation sites excluding steroid dienone is 2. The highest BCUT2D eigenvalue weighted by Gasteiger charge is 2.18. The molecule has 1 unspecified atom stereocenters. The van der Waals surface area contributed by atoms with Gasteiger partial charge in [0.25, 0.3) is 0 Å². The van der Waals surface area contributed by atoms with Crippen molar-refractivity contribution < 1.29 is 14.7 Å². The minimum Gasteiger partial charge on any atom is -0.480 e. The smallest absolute Gasteiger partial charge is 0.326 e. The number of amides is 1. The molecule has 4 nitrogen and oxygen atoms in total. The zero-order valence-electron chi connectivity index (χ0n) is 18.2. The number of thioether (sulfide) groups is 1. The summed E-state index contributed by atoms with van der Waals surface area (Å²) in [5.74, 6) is -0.330. The van der Waals surface area contributed by atoms with Crippen molar-refractivity contribution in [3.05, 3.63) is 12.2 Å². The van der Waals surface area contributed by atoms with Gasteiger partial charge in [-0.15, -0.1) is 0 Å². The zero-order chi connectivity index (χ0) is 20.9. The predicted octanol–water partition coefficient (Wildman–Crippen LogP) is 6.35. The first-order chi connectivity index (χ1) is 13.6. The van der Waals surface area contributed by atoms with Gasteiger partial charge in [-0.25, -0.2) is 4.79 Å². The molecule has 0 aliphatic carbocycles. The van der Waals surface area contributed by atoms with Gasteiger partial charge in [0.1, 0.15) is 6.04 Å². The number of carboxylic acids is 1. The molecule has 0 aliphatic heterocycles. The fourth-order valence-corrected chi connectivity index (χ4v) is 3.59. The molecule has 5 heteroatoms. The van der Waals surface area contributed by atoms with Crippen LogP contribution in [0.25, 0.3) is 0 Å². The van der Waals surface area contributed by atoms with E-state index in [1.54, 1.807) is 11.8 Å². The van der Waals surface area contributed by atoms with E-state index in [4.69, 9.17) is 5.11 Å². The molecular formula is C23H43NO3S. The molecule has 28 heavy (non-hydrogen) atoms.